The number of benzene rings is 1. The molecule has 0 aliphatic rings. The number of nitrogens with one attached hydrogen (secondary N) is 2. The van der Waals surface area contributed by atoms with Crippen LogP contribution in [-0.2, 0) is 6.54 Å². The van der Waals surface area contributed by atoms with Crippen molar-refractivity contribution in [3.63, 3.8) is 0 Å². The Bertz CT molecular complexity index is 643. The van der Waals surface area contributed by atoms with Gasteiger partial charge in [0.25, 0.3) is 0 Å². The summed E-state index contributed by atoms with van der Waals surface area (Å²) >= 11 is 7.40. The Labute approximate surface area is 138 Å². The molecule has 0 aliphatic heterocycles. The van der Waals surface area contributed by atoms with Gasteiger partial charge in [0.05, 0.1) is 23.4 Å². The molecule has 2 amide bonds. The van der Waals surface area contributed by atoms with Crippen LogP contribution >= 0.6 is 22.9 Å². The summed E-state index contributed by atoms with van der Waals surface area (Å²) < 4.78 is 0. The summed E-state index contributed by atoms with van der Waals surface area (Å²) in [7, 11) is 0. The third kappa shape index (κ3) is 4.69. The predicted octanol–water partition coefficient (Wildman–Crippen LogP) is 2.95. The number of hydrogen-bond donors (Lipinski definition) is 3. The van der Waals surface area contributed by atoms with Crippen molar-refractivity contribution in [3.8, 4) is 0 Å². The van der Waals surface area contributed by atoms with E-state index >= 15 is 0 Å². The Kier molecular flexibility index (Phi) is 5.76. The van der Waals surface area contributed by atoms with Crippen LogP contribution in [0.5, 0.6) is 0 Å². The Hall–Kier alpha value is -1.63. The summed E-state index contributed by atoms with van der Waals surface area (Å²) in [6.07, 6.45) is -0.772. The van der Waals surface area contributed by atoms with E-state index in [-0.39, 0.29) is 12.6 Å². The zero-order valence-corrected chi connectivity index (χ0v) is 14.0. The number of halogens is 1. The molecular formula is C15H18ClN3O2S. The molecule has 3 N–H and O–H groups in total. The molecule has 0 saturated heterocycles. The standard InChI is InChI=1S/C15H18ClN3O2S/c1-9-13(19-10(2)22-9)7-17-15(21)18-8-14(20)11-3-5-12(16)6-4-11/h3-6,14,20H,7-8H2,1-2H3,(H2,17,18,21). The average Bonchev–Trinajstić information content (AvgIpc) is 2.81. The molecule has 7 heteroatoms. The molecule has 1 atom stereocenters. The molecule has 22 heavy (non-hydrogen) atoms. The van der Waals surface area contributed by atoms with Crippen LogP contribution in [0.4, 0.5) is 4.79 Å². The van der Waals surface area contributed by atoms with Crippen molar-refractivity contribution in [2.45, 2.75) is 26.5 Å². The second kappa shape index (κ2) is 7.58. The highest BCUT2D eigenvalue weighted by Gasteiger charge is 2.10. The van der Waals surface area contributed by atoms with Gasteiger partial charge in [-0.15, -0.1) is 11.3 Å². The summed E-state index contributed by atoms with van der Waals surface area (Å²) in [6.45, 7) is 4.41. The normalized spacial score (nSPS) is 12.0. The number of hydrogen-bond acceptors (Lipinski definition) is 4. The van der Waals surface area contributed by atoms with Crippen LogP contribution < -0.4 is 10.6 Å². The van der Waals surface area contributed by atoms with Gasteiger partial charge >= 0.3 is 6.03 Å². The van der Waals surface area contributed by atoms with Gasteiger partial charge in [0.1, 0.15) is 0 Å². The van der Waals surface area contributed by atoms with Gasteiger partial charge in [-0.1, -0.05) is 23.7 Å². The average molecular weight is 340 g/mol. The van der Waals surface area contributed by atoms with Crippen molar-refractivity contribution in [3.05, 3.63) is 50.4 Å². The molecule has 0 fully saturated rings. The number of rotatable bonds is 5. The van der Waals surface area contributed by atoms with Gasteiger partial charge in [0.2, 0.25) is 0 Å². The van der Waals surface area contributed by atoms with E-state index in [1.54, 1.807) is 35.6 Å². The molecule has 1 aromatic carbocycles. The van der Waals surface area contributed by atoms with Crippen molar-refractivity contribution in [2.75, 3.05) is 6.54 Å². The Morgan fingerprint density at radius 2 is 2.00 bits per heavy atom. The fourth-order valence-corrected chi connectivity index (χ4v) is 2.92. The zero-order chi connectivity index (χ0) is 16.1. The maximum atomic E-state index is 11.7. The minimum Gasteiger partial charge on any atom is -0.387 e. The number of aromatic nitrogens is 1. The van der Waals surface area contributed by atoms with Crippen LogP contribution in [0.3, 0.4) is 0 Å². The van der Waals surface area contributed by atoms with Gasteiger partial charge in [0.15, 0.2) is 0 Å². The van der Waals surface area contributed by atoms with Gasteiger partial charge < -0.3 is 15.7 Å². The third-order valence-electron chi connectivity index (χ3n) is 3.13. The molecule has 0 spiro atoms. The van der Waals surface area contributed by atoms with E-state index in [9.17, 15) is 9.90 Å². The van der Waals surface area contributed by atoms with Crippen LogP contribution in [0.15, 0.2) is 24.3 Å². The van der Waals surface area contributed by atoms with Crippen molar-refractivity contribution in [1.82, 2.24) is 15.6 Å². The van der Waals surface area contributed by atoms with E-state index in [4.69, 9.17) is 11.6 Å². The highest BCUT2D eigenvalue weighted by Crippen LogP contribution is 2.16. The second-order valence-electron chi connectivity index (χ2n) is 4.87. The van der Waals surface area contributed by atoms with E-state index in [0.29, 0.717) is 17.1 Å². The number of aliphatic hydroxyl groups excluding tert-OH is 1. The van der Waals surface area contributed by atoms with Crippen molar-refractivity contribution < 1.29 is 9.90 Å². The fourth-order valence-electron chi connectivity index (χ4n) is 1.95. The number of nitrogens with zero attached hydrogens (tertiary/aromatic N) is 1. The van der Waals surface area contributed by atoms with E-state index in [2.05, 4.69) is 15.6 Å². The zero-order valence-electron chi connectivity index (χ0n) is 12.4. The lowest BCUT2D eigenvalue weighted by atomic mass is 10.1. The number of thiazole rings is 1. The third-order valence-corrected chi connectivity index (χ3v) is 4.31. The van der Waals surface area contributed by atoms with Gasteiger partial charge in [-0.05, 0) is 31.5 Å². The summed E-state index contributed by atoms with van der Waals surface area (Å²) in [5.74, 6) is 0. The Balaban J connectivity index is 1.77. The first-order valence-electron chi connectivity index (χ1n) is 6.84. The molecule has 0 aliphatic carbocycles. The number of carbonyl (C=O) groups excluding carboxylic acids is 1. The van der Waals surface area contributed by atoms with E-state index in [1.165, 1.54) is 0 Å². The van der Waals surface area contributed by atoms with Crippen molar-refractivity contribution in [2.24, 2.45) is 0 Å². The van der Waals surface area contributed by atoms with Gasteiger partial charge in [-0.2, -0.15) is 0 Å². The monoisotopic (exact) mass is 339 g/mol. The highest BCUT2D eigenvalue weighted by molar-refractivity contribution is 7.11. The van der Waals surface area contributed by atoms with Crippen LogP contribution in [0.2, 0.25) is 5.02 Å². The molecule has 118 valence electrons. The molecular weight excluding hydrogens is 322 g/mol. The lowest BCUT2D eigenvalue weighted by Crippen LogP contribution is -2.37. The topological polar surface area (TPSA) is 74.2 Å². The summed E-state index contributed by atoms with van der Waals surface area (Å²) in [4.78, 5) is 17.2. The smallest absolute Gasteiger partial charge is 0.315 e. The van der Waals surface area contributed by atoms with E-state index in [0.717, 1.165) is 15.6 Å². The van der Waals surface area contributed by atoms with Gasteiger partial charge in [-0.25, -0.2) is 9.78 Å². The second-order valence-corrected chi connectivity index (χ2v) is 6.71. The first-order chi connectivity index (χ1) is 10.5. The van der Waals surface area contributed by atoms with Crippen molar-refractivity contribution in [1.29, 1.82) is 0 Å². The summed E-state index contributed by atoms with van der Waals surface area (Å²) in [6, 6.07) is 6.53. The lowest BCUT2D eigenvalue weighted by Gasteiger charge is -2.13. The number of aliphatic hydroxyl groups is 1. The van der Waals surface area contributed by atoms with Crippen LogP contribution in [0, 0.1) is 13.8 Å². The SMILES string of the molecule is Cc1nc(CNC(=O)NCC(O)c2ccc(Cl)cc2)c(C)s1. The molecule has 0 bridgehead atoms. The van der Waals surface area contributed by atoms with E-state index < -0.39 is 6.10 Å². The molecule has 5 nitrogen and oxygen atoms in total. The van der Waals surface area contributed by atoms with Crippen LogP contribution in [0.1, 0.15) is 27.2 Å². The van der Waals surface area contributed by atoms with Gasteiger partial charge in [-0.3, -0.25) is 0 Å². The largest absolute Gasteiger partial charge is 0.387 e. The molecule has 0 saturated carbocycles. The van der Waals surface area contributed by atoms with Crippen LogP contribution in [-0.4, -0.2) is 22.7 Å². The number of carbonyl (C=O) groups is 1. The Morgan fingerprint density at radius 3 is 2.59 bits per heavy atom. The predicted molar refractivity (Wildman–Crippen MR) is 88.2 cm³/mol. The summed E-state index contributed by atoms with van der Waals surface area (Å²) in [5, 5.41) is 16.9. The minimum atomic E-state index is -0.772. The first-order valence-corrected chi connectivity index (χ1v) is 8.03. The van der Waals surface area contributed by atoms with Crippen molar-refractivity contribution >= 4 is 29.0 Å². The number of amides is 2. The molecule has 1 unspecified atom stereocenters. The quantitative estimate of drug-likeness (QED) is 0.784. The highest BCUT2D eigenvalue weighted by atomic mass is 35.5. The lowest BCUT2D eigenvalue weighted by molar-refractivity contribution is 0.173. The Morgan fingerprint density at radius 1 is 1.32 bits per heavy atom. The number of aryl methyl sites for hydroxylation is 2. The molecule has 1 aromatic heterocycles. The molecule has 1 heterocycles. The van der Waals surface area contributed by atoms with Gasteiger partial charge in [0, 0.05) is 16.4 Å². The molecule has 0 radical (unpaired) electrons. The number of urea groups is 1. The first kappa shape index (κ1) is 16.7. The maximum Gasteiger partial charge on any atom is 0.315 e. The maximum absolute atomic E-state index is 11.7. The minimum absolute atomic E-state index is 0.128. The van der Waals surface area contributed by atoms with Crippen LogP contribution in [0.25, 0.3) is 0 Å². The summed E-state index contributed by atoms with van der Waals surface area (Å²) in [5.41, 5.74) is 1.58. The fraction of sp³-hybridized carbons (Fsp3) is 0.333. The molecule has 2 rings (SSSR count). The molecule has 2 aromatic rings. The van der Waals surface area contributed by atoms with E-state index in [1.807, 2.05) is 13.8 Å².